The largest absolute Gasteiger partial charge is 0.345 e. The van der Waals surface area contributed by atoms with Crippen molar-refractivity contribution in [1.29, 1.82) is 0 Å². The zero-order chi connectivity index (χ0) is 14.7. The Hall–Kier alpha value is -2.66. The molecular weight excluding hydrogens is 288 g/mol. The molecule has 0 aliphatic carbocycles. The summed E-state index contributed by atoms with van der Waals surface area (Å²) in [6.07, 6.45) is 5.74. The second-order valence-corrected chi connectivity index (χ2v) is 4.63. The predicted molar refractivity (Wildman–Crippen MR) is 81.5 cm³/mol. The Kier molecular flexibility index (Phi) is 3.66. The third kappa shape index (κ3) is 2.64. The van der Waals surface area contributed by atoms with E-state index in [2.05, 4.69) is 15.0 Å². The van der Waals surface area contributed by atoms with Gasteiger partial charge in [0.05, 0.1) is 5.69 Å². The van der Waals surface area contributed by atoms with Crippen LogP contribution in [0.1, 0.15) is 0 Å². The van der Waals surface area contributed by atoms with E-state index in [1.54, 1.807) is 30.7 Å². The van der Waals surface area contributed by atoms with Gasteiger partial charge in [0.25, 0.3) is 0 Å². The third-order valence-corrected chi connectivity index (χ3v) is 3.31. The van der Waals surface area contributed by atoms with Crippen molar-refractivity contribution in [1.82, 2.24) is 15.0 Å². The number of amides is 1. The molecule has 3 rings (SSSR count). The summed E-state index contributed by atoms with van der Waals surface area (Å²) < 4.78 is 0. The Bertz CT molecular complexity index is 741. The molecule has 0 bridgehead atoms. The number of halogens is 1. The van der Waals surface area contributed by atoms with Crippen molar-refractivity contribution in [2.75, 3.05) is 4.90 Å². The number of hydrogen-bond donors (Lipinski definition) is 1. The minimum Gasteiger partial charge on any atom is -0.345 e. The highest BCUT2D eigenvalue weighted by atomic mass is 35.5. The van der Waals surface area contributed by atoms with Crippen LogP contribution in [0.25, 0.3) is 11.4 Å². The van der Waals surface area contributed by atoms with Gasteiger partial charge in [-0.25, -0.2) is 9.97 Å². The van der Waals surface area contributed by atoms with E-state index in [0.29, 0.717) is 17.8 Å². The highest BCUT2D eigenvalue weighted by Crippen LogP contribution is 2.30. The number of anilines is 2. The van der Waals surface area contributed by atoms with E-state index in [1.807, 2.05) is 24.3 Å². The summed E-state index contributed by atoms with van der Waals surface area (Å²) in [7, 11) is 0. The Labute approximate surface area is 126 Å². The van der Waals surface area contributed by atoms with Gasteiger partial charge in [0, 0.05) is 29.8 Å². The molecule has 2 heterocycles. The monoisotopic (exact) mass is 298 g/mol. The zero-order valence-corrected chi connectivity index (χ0v) is 11.7. The summed E-state index contributed by atoms with van der Waals surface area (Å²) in [5, 5.41) is 0.278. The van der Waals surface area contributed by atoms with Crippen molar-refractivity contribution in [2.24, 2.45) is 0 Å². The highest BCUT2D eigenvalue weighted by molar-refractivity contribution is 6.32. The topological polar surface area (TPSA) is 61.9 Å². The molecule has 2 aromatic heterocycles. The molecule has 0 radical (unpaired) electrons. The molecular formula is C15H11ClN4O. The van der Waals surface area contributed by atoms with Crippen LogP contribution in [0.15, 0.2) is 55.0 Å². The number of benzene rings is 1. The Morgan fingerprint density at radius 1 is 1.10 bits per heavy atom. The number of rotatable bonds is 4. The van der Waals surface area contributed by atoms with Crippen molar-refractivity contribution in [3.05, 3.63) is 60.1 Å². The highest BCUT2D eigenvalue weighted by Gasteiger charge is 2.12. The normalized spacial score (nSPS) is 10.3. The van der Waals surface area contributed by atoms with E-state index in [4.69, 9.17) is 11.6 Å². The van der Waals surface area contributed by atoms with Gasteiger partial charge in [-0.1, -0.05) is 11.6 Å². The van der Waals surface area contributed by atoms with Crippen molar-refractivity contribution in [2.45, 2.75) is 0 Å². The molecule has 0 saturated heterocycles. The van der Waals surface area contributed by atoms with Crippen LogP contribution < -0.4 is 4.90 Å². The number of carbonyl (C=O) groups excluding carboxylic acids is 1. The van der Waals surface area contributed by atoms with Crippen LogP contribution in [0, 0.1) is 0 Å². The lowest BCUT2D eigenvalue weighted by atomic mass is 10.2. The van der Waals surface area contributed by atoms with E-state index >= 15 is 0 Å². The maximum absolute atomic E-state index is 11.4. The SMILES string of the molecule is O=CN(c1ccc(-c2ncc[nH]2)cc1)c1cccnc1Cl. The van der Waals surface area contributed by atoms with Crippen molar-refractivity contribution in [3.63, 3.8) is 0 Å². The van der Waals surface area contributed by atoms with Crippen LogP contribution in [0.2, 0.25) is 5.15 Å². The first-order valence-corrected chi connectivity index (χ1v) is 6.62. The minimum absolute atomic E-state index is 0.278. The number of nitrogens with one attached hydrogen (secondary N) is 1. The number of aromatic nitrogens is 3. The number of imidazole rings is 1. The van der Waals surface area contributed by atoms with Gasteiger partial charge in [-0.2, -0.15) is 0 Å². The van der Waals surface area contributed by atoms with Crippen LogP contribution in [0.5, 0.6) is 0 Å². The fraction of sp³-hybridized carbons (Fsp3) is 0. The molecule has 0 unspecified atom stereocenters. The predicted octanol–water partition coefficient (Wildman–Crippen LogP) is 3.42. The van der Waals surface area contributed by atoms with E-state index in [0.717, 1.165) is 11.4 Å². The molecule has 1 N–H and O–H groups in total. The van der Waals surface area contributed by atoms with E-state index in [1.165, 1.54) is 4.90 Å². The first kappa shape index (κ1) is 13.3. The Balaban J connectivity index is 1.95. The molecule has 0 fully saturated rings. The second kappa shape index (κ2) is 5.76. The first-order chi connectivity index (χ1) is 10.3. The fourth-order valence-electron chi connectivity index (χ4n) is 2.02. The van der Waals surface area contributed by atoms with Gasteiger partial charge in [-0.3, -0.25) is 9.69 Å². The first-order valence-electron chi connectivity index (χ1n) is 6.24. The maximum atomic E-state index is 11.4. The number of H-pyrrole nitrogens is 1. The standard InChI is InChI=1S/C15H11ClN4O/c16-14-13(2-1-7-17-14)20(10-21)12-5-3-11(4-6-12)15-18-8-9-19-15/h1-10H,(H,18,19). The fourth-order valence-corrected chi connectivity index (χ4v) is 2.23. The van der Waals surface area contributed by atoms with Gasteiger partial charge in [-0.15, -0.1) is 0 Å². The molecule has 0 saturated carbocycles. The Morgan fingerprint density at radius 2 is 1.90 bits per heavy atom. The molecule has 1 amide bonds. The summed E-state index contributed by atoms with van der Waals surface area (Å²) in [5.74, 6) is 0.776. The average molecular weight is 299 g/mol. The summed E-state index contributed by atoms with van der Waals surface area (Å²) in [5.41, 5.74) is 2.18. The third-order valence-electron chi connectivity index (χ3n) is 3.02. The molecule has 3 aromatic rings. The van der Waals surface area contributed by atoms with E-state index in [9.17, 15) is 4.79 Å². The van der Waals surface area contributed by atoms with Gasteiger partial charge in [-0.05, 0) is 36.4 Å². The minimum atomic E-state index is 0.278. The maximum Gasteiger partial charge on any atom is 0.218 e. The summed E-state index contributed by atoms with van der Waals surface area (Å²) in [6.45, 7) is 0. The average Bonchev–Trinajstić information content (AvgIpc) is 3.05. The van der Waals surface area contributed by atoms with Crippen LogP contribution in [-0.4, -0.2) is 21.4 Å². The molecule has 6 heteroatoms. The number of nitrogens with zero attached hydrogens (tertiary/aromatic N) is 3. The summed E-state index contributed by atoms with van der Waals surface area (Å²) in [6, 6.07) is 10.9. The lowest BCUT2D eigenvalue weighted by molar-refractivity contribution is -0.106. The van der Waals surface area contributed by atoms with Gasteiger partial charge in [0.2, 0.25) is 6.41 Å². The number of aromatic amines is 1. The Morgan fingerprint density at radius 3 is 2.52 bits per heavy atom. The summed E-state index contributed by atoms with van der Waals surface area (Å²) in [4.78, 5) is 24.0. The van der Waals surface area contributed by atoms with Crippen LogP contribution in [0.4, 0.5) is 11.4 Å². The van der Waals surface area contributed by atoms with Crippen LogP contribution in [0.3, 0.4) is 0 Å². The molecule has 5 nitrogen and oxygen atoms in total. The number of carbonyl (C=O) groups is 1. The number of hydrogen-bond acceptors (Lipinski definition) is 3. The van der Waals surface area contributed by atoms with Gasteiger partial charge < -0.3 is 4.98 Å². The molecule has 0 spiro atoms. The van der Waals surface area contributed by atoms with Crippen LogP contribution in [-0.2, 0) is 4.79 Å². The van der Waals surface area contributed by atoms with Gasteiger partial charge in [0.15, 0.2) is 5.15 Å². The van der Waals surface area contributed by atoms with Gasteiger partial charge >= 0.3 is 0 Å². The number of pyridine rings is 1. The molecule has 104 valence electrons. The smallest absolute Gasteiger partial charge is 0.218 e. The zero-order valence-electron chi connectivity index (χ0n) is 10.9. The quantitative estimate of drug-likeness (QED) is 0.593. The molecule has 21 heavy (non-hydrogen) atoms. The van der Waals surface area contributed by atoms with Gasteiger partial charge in [0.1, 0.15) is 5.82 Å². The summed E-state index contributed by atoms with van der Waals surface area (Å²) >= 11 is 6.03. The van der Waals surface area contributed by atoms with Crippen molar-refractivity contribution >= 4 is 29.4 Å². The van der Waals surface area contributed by atoms with Crippen molar-refractivity contribution in [3.8, 4) is 11.4 Å². The lowest BCUT2D eigenvalue weighted by Gasteiger charge is -2.18. The molecule has 0 aliphatic rings. The second-order valence-electron chi connectivity index (χ2n) is 4.27. The van der Waals surface area contributed by atoms with E-state index in [-0.39, 0.29) is 5.15 Å². The molecule has 1 aromatic carbocycles. The van der Waals surface area contributed by atoms with Crippen molar-refractivity contribution < 1.29 is 4.79 Å². The van der Waals surface area contributed by atoms with E-state index < -0.39 is 0 Å². The van der Waals surface area contributed by atoms with Crippen LogP contribution >= 0.6 is 11.6 Å². The lowest BCUT2D eigenvalue weighted by Crippen LogP contribution is -2.14. The molecule has 0 atom stereocenters. The molecule has 0 aliphatic heterocycles.